The largest absolute Gasteiger partial charge is 0.433 e. The lowest BCUT2D eigenvalue weighted by Gasteiger charge is -2.15. The summed E-state index contributed by atoms with van der Waals surface area (Å²) in [6, 6.07) is 6.34. The maximum Gasteiger partial charge on any atom is 0.433 e. The Hall–Kier alpha value is -1.87. The van der Waals surface area contributed by atoms with Crippen LogP contribution in [0.4, 0.5) is 30.6 Å². The van der Waals surface area contributed by atoms with Crippen molar-refractivity contribution in [3.63, 3.8) is 0 Å². The van der Waals surface area contributed by atoms with Gasteiger partial charge in [-0.05, 0) is 44.8 Å². The van der Waals surface area contributed by atoms with Crippen molar-refractivity contribution in [1.82, 2.24) is 14.9 Å². The van der Waals surface area contributed by atoms with Crippen LogP contribution in [0.2, 0.25) is 0 Å². The zero-order valence-corrected chi connectivity index (χ0v) is 15.7. The fourth-order valence-electron chi connectivity index (χ4n) is 2.03. The molecule has 0 bridgehead atoms. The zero-order valence-electron chi connectivity index (χ0n) is 14.1. The van der Waals surface area contributed by atoms with Crippen LogP contribution in [0.5, 0.6) is 0 Å². The van der Waals surface area contributed by atoms with Crippen LogP contribution in [-0.2, 0) is 6.18 Å². The van der Waals surface area contributed by atoms with Gasteiger partial charge in [-0.1, -0.05) is 15.9 Å². The van der Waals surface area contributed by atoms with E-state index in [1.165, 1.54) is 0 Å². The number of aryl methyl sites for hydroxylation is 1. The number of hydrogen-bond donors (Lipinski definition) is 2. The van der Waals surface area contributed by atoms with E-state index in [0.29, 0.717) is 18.8 Å². The topological polar surface area (TPSA) is 53.1 Å². The minimum absolute atomic E-state index is 0.0612. The van der Waals surface area contributed by atoms with Gasteiger partial charge in [0.05, 0.1) is 0 Å². The van der Waals surface area contributed by atoms with Crippen molar-refractivity contribution in [3.8, 4) is 0 Å². The van der Waals surface area contributed by atoms with Gasteiger partial charge in [-0.25, -0.2) is 4.98 Å². The Morgan fingerprint density at radius 1 is 1.16 bits per heavy atom. The highest BCUT2D eigenvalue weighted by atomic mass is 79.9. The first kappa shape index (κ1) is 19.5. The van der Waals surface area contributed by atoms with E-state index < -0.39 is 11.9 Å². The summed E-state index contributed by atoms with van der Waals surface area (Å²) in [4.78, 5) is 9.61. The van der Waals surface area contributed by atoms with Crippen LogP contribution in [0.15, 0.2) is 28.7 Å². The third-order valence-corrected chi connectivity index (χ3v) is 3.80. The Labute approximate surface area is 152 Å². The van der Waals surface area contributed by atoms with Crippen molar-refractivity contribution in [2.75, 3.05) is 37.8 Å². The van der Waals surface area contributed by atoms with Crippen LogP contribution in [0.25, 0.3) is 0 Å². The number of alkyl halides is 3. The Balaban J connectivity index is 2.29. The Morgan fingerprint density at radius 2 is 1.88 bits per heavy atom. The number of aromatic nitrogens is 2. The SMILES string of the molecule is Cc1cc(Br)ccc1Nc1cc(C(F)(F)F)nc(NCCN(C)C)n1. The van der Waals surface area contributed by atoms with Crippen LogP contribution in [-0.4, -0.2) is 42.1 Å². The molecular formula is C16H19BrF3N5. The normalized spacial score (nSPS) is 11.7. The number of rotatable bonds is 6. The molecule has 0 saturated carbocycles. The lowest BCUT2D eigenvalue weighted by molar-refractivity contribution is -0.141. The first-order valence-corrected chi connectivity index (χ1v) is 8.32. The van der Waals surface area contributed by atoms with Gasteiger partial charge in [0.15, 0.2) is 5.69 Å². The van der Waals surface area contributed by atoms with Gasteiger partial charge in [0, 0.05) is 29.3 Å². The van der Waals surface area contributed by atoms with Gasteiger partial charge in [-0.3, -0.25) is 0 Å². The standard InChI is InChI=1S/C16H19BrF3N5/c1-10-8-11(17)4-5-12(10)22-14-9-13(16(18,19)20)23-15(24-14)21-6-7-25(2)3/h4-5,8-9H,6-7H2,1-3H3,(H2,21,22,23,24). The second kappa shape index (κ2) is 8.01. The molecule has 0 aliphatic rings. The van der Waals surface area contributed by atoms with Gasteiger partial charge in [0.1, 0.15) is 5.82 Å². The molecule has 0 aliphatic heterocycles. The number of likely N-dealkylation sites (N-methyl/N-ethyl adjacent to an activating group) is 1. The molecule has 2 aromatic rings. The predicted octanol–water partition coefficient (Wildman–Crippen LogP) is 4.28. The second-order valence-corrected chi connectivity index (χ2v) is 6.69. The van der Waals surface area contributed by atoms with Gasteiger partial charge in [-0.15, -0.1) is 0 Å². The van der Waals surface area contributed by atoms with Crippen molar-refractivity contribution >= 4 is 33.4 Å². The molecule has 0 atom stereocenters. The molecule has 0 fully saturated rings. The summed E-state index contributed by atoms with van der Waals surface area (Å²) in [6.07, 6.45) is -4.55. The summed E-state index contributed by atoms with van der Waals surface area (Å²) in [5.74, 6) is 0.0223. The van der Waals surface area contributed by atoms with Crippen LogP contribution in [0.1, 0.15) is 11.3 Å². The van der Waals surface area contributed by atoms with Gasteiger partial charge < -0.3 is 15.5 Å². The monoisotopic (exact) mass is 417 g/mol. The van der Waals surface area contributed by atoms with Crippen molar-refractivity contribution in [1.29, 1.82) is 0 Å². The fourth-order valence-corrected chi connectivity index (χ4v) is 2.51. The van der Waals surface area contributed by atoms with Crippen molar-refractivity contribution in [2.45, 2.75) is 13.1 Å². The highest BCUT2D eigenvalue weighted by Crippen LogP contribution is 2.31. The molecule has 0 radical (unpaired) electrons. The second-order valence-electron chi connectivity index (χ2n) is 5.77. The molecular weight excluding hydrogens is 399 g/mol. The van der Waals surface area contributed by atoms with Crippen molar-refractivity contribution in [3.05, 3.63) is 40.0 Å². The van der Waals surface area contributed by atoms with E-state index in [9.17, 15) is 13.2 Å². The Bertz CT molecular complexity index is 734. The van der Waals surface area contributed by atoms with E-state index in [0.717, 1.165) is 16.1 Å². The molecule has 0 unspecified atom stereocenters. The smallest absolute Gasteiger partial charge is 0.353 e. The van der Waals surface area contributed by atoms with E-state index >= 15 is 0 Å². The fraction of sp³-hybridized carbons (Fsp3) is 0.375. The first-order valence-electron chi connectivity index (χ1n) is 7.53. The number of nitrogens with one attached hydrogen (secondary N) is 2. The van der Waals surface area contributed by atoms with E-state index in [2.05, 4.69) is 36.5 Å². The lowest BCUT2D eigenvalue weighted by atomic mass is 10.2. The van der Waals surface area contributed by atoms with Crippen LogP contribution in [0, 0.1) is 6.92 Å². The molecule has 2 N–H and O–H groups in total. The highest BCUT2D eigenvalue weighted by Gasteiger charge is 2.33. The molecule has 1 aromatic carbocycles. The van der Waals surface area contributed by atoms with E-state index in [4.69, 9.17) is 0 Å². The van der Waals surface area contributed by atoms with E-state index in [1.54, 1.807) is 12.1 Å². The van der Waals surface area contributed by atoms with E-state index in [1.807, 2.05) is 32.0 Å². The molecule has 0 saturated heterocycles. The van der Waals surface area contributed by atoms with Crippen molar-refractivity contribution < 1.29 is 13.2 Å². The molecule has 5 nitrogen and oxygen atoms in total. The summed E-state index contributed by atoms with van der Waals surface area (Å²) in [5.41, 5.74) is 0.560. The van der Waals surface area contributed by atoms with Crippen LogP contribution in [0.3, 0.4) is 0 Å². The highest BCUT2D eigenvalue weighted by molar-refractivity contribution is 9.10. The molecule has 25 heavy (non-hydrogen) atoms. The van der Waals surface area contributed by atoms with Gasteiger partial charge in [-0.2, -0.15) is 18.2 Å². The molecule has 1 heterocycles. The quantitative estimate of drug-likeness (QED) is 0.734. The maximum atomic E-state index is 13.1. The third kappa shape index (κ3) is 5.86. The van der Waals surface area contributed by atoms with Crippen LogP contribution < -0.4 is 10.6 Å². The zero-order chi connectivity index (χ0) is 18.6. The molecule has 0 amide bonds. The number of hydrogen-bond acceptors (Lipinski definition) is 5. The molecule has 0 aliphatic carbocycles. The van der Waals surface area contributed by atoms with Crippen LogP contribution >= 0.6 is 15.9 Å². The minimum atomic E-state index is -4.55. The molecule has 136 valence electrons. The minimum Gasteiger partial charge on any atom is -0.353 e. The summed E-state index contributed by atoms with van der Waals surface area (Å²) < 4.78 is 40.2. The Morgan fingerprint density at radius 3 is 2.48 bits per heavy atom. The maximum absolute atomic E-state index is 13.1. The summed E-state index contributed by atoms with van der Waals surface area (Å²) in [6.45, 7) is 2.94. The Kier molecular flexibility index (Phi) is 6.23. The number of anilines is 3. The van der Waals surface area contributed by atoms with Gasteiger partial charge in [0.2, 0.25) is 5.95 Å². The third-order valence-electron chi connectivity index (χ3n) is 3.31. The van der Waals surface area contributed by atoms with E-state index in [-0.39, 0.29) is 11.8 Å². The number of nitrogens with zero attached hydrogens (tertiary/aromatic N) is 3. The first-order chi connectivity index (χ1) is 11.6. The summed E-state index contributed by atoms with van der Waals surface area (Å²) in [7, 11) is 3.75. The van der Waals surface area contributed by atoms with Crippen molar-refractivity contribution in [2.24, 2.45) is 0 Å². The molecule has 2 rings (SSSR count). The van der Waals surface area contributed by atoms with Gasteiger partial charge in [0.25, 0.3) is 0 Å². The molecule has 9 heteroatoms. The summed E-state index contributed by atoms with van der Waals surface area (Å²) in [5, 5.41) is 5.76. The molecule has 1 aromatic heterocycles. The average molecular weight is 418 g/mol. The number of benzene rings is 1. The molecule has 0 spiro atoms. The van der Waals surface area contributed by atoms with Gasteiger partial charge >= 0.3 is 6.18 Å². The predicted molar refractivity (Wildman–Crippen MR) is 96.2 cm³/mol. The number of halogens is 4. The summed E-state index contributed by atoms with van der Waals surface area (Å²) >= 11 is 3.35. The lowest BCUT2D eigenvalue weighted by Crippen LogP contribution is -2.22. The average Bonchev–Trinajstić information content (AvgIpc) is 2.49.